The molecule has 16 heavy (non-hydrogen) atoms. The van der Waals surface area contributed by atoms with Gasteiger partial charge in [0.15, 0.2) is 0 Å². The number of aromatic nitrogens is 3. The zero-order chi connectivity index (χ0) is 11.4. The normalized spacial score (nSPS) is 18.4. The Kier molecular flexibility index (Phi) is 3.56. The summed E-state index contributed by atoms with van der Waals surface area (Å²) in [6.45, 7) is 2.27. The summed E-state index contributed by atoms with van der Waals surface area (Å²) in [6.07, 6.45) is 6.47. The molecular formula is C11H20N4O. The predicted octanol–water partition coefficient (Wildman–Crippen LogP) is 0.596. The van der Waals surface area contributed by atoms with Gasteiger partial charge < -0.3 is 15.0 Å². The quantitative estimate of drug-likeness (QED) is 0.768. The Morgan fingerprint density at radius 1 is 1.56 bits per heavy atom. The van der Waals surface area contributed by atoms with E-state index >= 15 is 0 Å². The van der Waals surface area contributed by atoms with Crippen molar-refractivity contribution >= 4 is 0 Å². The molecule has 0 saturated heterocycles. The SMILES string of the molecule is COCCn1cnnc1CC1(CN)CCC1. The first kappa shape index (κ1) is 11.5. The van der Waals surface area contributed by atoms with Crippen LogP contribution in [0.1, 0.15) is 25.1 Å². The third kappa shape index (κ3) is 2.25. The van der Waals surface area contributed by atoms with E-state index in [0.717, 1.165) is 25.3 Å². The number of nitrogens with zero attached hydrogens (tertiary/aromatic N) is 3. The fourth-order valence-electron chi connectivity index (χ4n) is 2.26. The third-order valence-electron chi connectivity index (χ3n) is 3.61. The molecule has 1 aliphatic carbocycles. The molecule has 0 unspecified atom stereocenters. The van der Waals surface area contributed by atoms with Gasteiger partial charge in [-0.3, -0.25) is 0 Å². The molecule has 0 amide bonds. The number of methoxy groups -OCH3 is 1. The van der Waals surface area contributed by atoms with Crippen LogP contribution in [0, 0.1) is 5.41 Å². The highest BCUT2D eigenvalue weighted by atomic mass is 16.5. The molecular weight excluding hydrogens is 204 g/mol. The number of hydrogen-bond donors (Lipinski definition) is 1. The molecule has 5 nitrogen and oxygen atoms in total. The second kappa shape index (κ2) is 4.93. The van der Waals surface area contributed by atoms with Gasteiger partial charge in [0.1, 0.15) is 12.2 Å². The molecule has 1 aromatic heterocycles. The maximum absolute atomic E-state index is 5.85. The standard InChI is InChI=1S/C11H20N4O/c1-16-6-5-15-9-13-14-10(15)7-11(8-12)3-2-4-11/h9H,2-8,12H2,1H3. The minimum atomic E-state index is 0.290. The minimum Gasteiger partial charge on any atom is -0.383 e. The summed E-state index contributed by atoms with van der Waals surface area (Å²) in [5.41, 5.74) is 6.14. The first-order chi connectivity index (χ1) is 7.79. The largest absolute Gasteiger partial charge is 0.383 e. The van der Waals surface area contributed by atoms with E-state index in [1.807, 2.05) is 0 Å². The summed E-state index contributed by atoms with van der Waals surface area (Å²) in [5.74, 6) is 1.04. The monoisotopic (exact) mass is 224 g/mol. The van der Waals surface area contributed by atoms with Crippen molar-refractivity contribution in [2.24, 2.45) is 11.1 Å². The van der Waals surface area contributed by atoms with Gasteiger partial charge in [0, 0.05) is 20.1 Å². The van der Waals surface area contributed by atoms with E-state index in [1.165, 1.54) is 19.3 Å². The fourth-order valence-corrected chi connectivity index (χ4v) is 2.26. The van der Waals surface area contributed by atoms with Crippen molar-refractivity contribution < 1.29 is 4.74 Å². The summed E-state index contributed by atoms with van der Waals surface area (Å²) in [6, 6.07) is 0. The second-order valence-corrected chi connectivity index (χ2v) is 4.67. The molecule has 0 atom stereocenters. The van der Waals surface area contributed by atoms with Crippen LogP contribution in [-0.4, -0.2) is 35.0 Å². The Balaban J connectivity index is 2.00. The van der Waals surface area contributed by atoms with E-state index < -0.39 is 0 Å². The molecule has 90 valence electrons. The topological polar surface area (TPSA) is 66.0 Å². The van der Waals surface area contributed by atoms with Gasteiger partial charge in [0.05, 0.1) is 6.61 Å². The number of nitrogens with two attached hydrogens (primary N) is 1. The lowest BCUT2D eigenvalue weighted by molar-refractivity contribution is 0.137. The zero-order valence-corrected chi connectivity index (χ0v) is 9.85. The van der Waals surface area contributed by atoms with E-state index in [2.05, 4.69) is 14.8 Å². The summed E-state index contributed by atoms with van der Waals surface area (Å²) in [7, 11) is 1.71. The van der Waals surface area contributed by atoms with Crippen molar-refractivity contribution in [2.75, 3.05) is 20.3 Å². The lowest BCUT2D eigenvalue weighted by Crippen LogP contribution is -2.40. The molecule has 0 aliphatic heterocycles. The Morgan fingerprint density at radius 2 is 2.38 bits per heavy atom. The average Bonchev–Trinajstić information content (AvgIpc) is 2.68. The molecule has 1 aliphatic rings. The summed E-state index contributed by atoms with van der Waals surface area (Å²) < 4.78 is 7.13. The van der Waals surface area contributed by atoms with E-state index in [0.29, 0.717) is 6.61 Å². The number of hydrogen-bond acceptors (Lipinski definition) is 4. The van der Waals surface area contributed by atoms with Gasteiger partial charge >= 0.3 is 0 Å². The molecule has 1 fully saturated rings. The first-order valence-corrected chi connectivity index (χ1v) is 5.85. The molecule has 5 heteroatoms. The summed E-state index contributed by atoms with van der Waals surface area (Å²) in [5, 5.41) is 8.15. The molecule has 0 spiro atoms. The summed E-state index contributed by atoms with van der Waals surface area (Å²) in [4.78, 5) is 0. The van der Waals surface area contributed by atoms with Gasteiger partial charge in [0.25, 0.3) is 0 Å². The van der Waals surface area contributed by atoms with Crippen LogP contribution in [-0.2, 0) is 17.7 Å². The second-order valence-electron chi connectivity index (χ2n) is 4.67. The Morgan fingerprint density at radius 3 is 2.94 bits per heavy atom. The van der Waals surface area contributed by atoms with Crippen LogP contribution in [0.25, 0.3) is 0 Å². The van der Waals surface area contributed by atoms with Crippen LogP contribution < -0.4 is 5.73 Å². The van der Waals surface area contributed by atoms with Gasteiger partial charge in [-0.25, -0.2) is 0 Å². The van der Waals surface area contributed by atoms with Gasteiger partial charge in [-0.1, -0.05) is 6.42 Å². The Bertz CT molecular complexity index is 327. The lowest BCUT2D eigenvalue weighted by atomic mass is 9.66. The third-order valence-corrected chi connectivity index (χ3v) is 3.61. The van der Waals surface area contributed by atoms with E-state index in [1.54, 1.807) is 13.4 Å². The molecule has 0 bridgehead atoms. The van der Waals surface area contributed by atoms with Crippen molar-refractivity contribution in [3.8, 4) is 0 Å². The maximum atomic E-state index is 5.85. The molecule has 1 saturated carbocycles. The van der Waals surface area contributed by atoms with Gasteiger partial charge in [-0.2, -0.15) is 0 Å². The van der Waals surface area contributed by atoms with Crippen LogP contribution in [0.15, 0.2) is 6.33 Å². The van der Waals surface area contributed by atoms with E-state index in [-0.39, 0.29) is 5.41 Å². The summed E-state index contributed by atoms with van der Waals surface area (Å²) >= 11 is 0. The molecule has 2 rings (SSSR count). The molecule has 0 radical (unpaired) electrons. The highest BCUT2D eigenvalue weighted by Gasteiger charge is 2.36. The van der Waals surface area contributed by atoms with E-state index in [4.69, 9.17) is 10.5 Å². The lowest BCUT2D eigenvalue weighted by Gasteiger charge is -2.40. The van der Waals surface area contributed by atoms with Gasteiger partial charge in [0.2, 0.25) is 0 Å². The first-order valence-electron chi connectivity index (χ1n) is 5.85. The van der Waals surface area contributed by atoms with Crippen LogP contribution >= 0.6 is 0 Å². The van der Waals surface area contributed by atoms with Crippen molar-refractivity contribution in [2.45, 2.75) is 32.2 Å². The van der Waals surface area contributed by atoms with Gasteiger partial charge in [-0.15, -0.1) is 10.2 Å². The zero-order valence-electron chi connectivity index (χ0n) is 9.85. The van der Waals surface area contributed by atoms with Crippen molar-refractivity contribution in [3.05, 3.63) is 12.2 Å². The highest BCUT2D eigenvalue weighted by Crippen LogP contribution is 2.42. The fraction of sp³-hybridized carbons (Fsp3) is 0.818. The van der Waals surface area contributed by atoms with Crippen LogP contribution in [0.2, 0.25) is 0 Å². The van der Waals surface area contributed by atoms with Crippen molar-refractivity contribution in [1.29, 1.82) is 0 Å². The minimum absolute atomic E-state index is 0.290. The number of ether oxygens (including phenoxy) is 1. The number of rotatable bonds is 6. The Labute approximate surface area is 96.0 Å². The van der Waals surface area contributed by atoms with Crippen molar-refractivity contribution in [1.82, 2.24) is 14.8 Å². The highest BCUT2D eigenvalue weighted by molar-refractivity contribution is 4.99. The van der Waals surface area contributed by atoms with Crippen LogP contribution in [0.3, 0.4) is 0 Å². The molecule has 0 aromatic carbocycles. The van der Waals surface area contributed by atoms with Crippen LogP contribution in [0.4, 0.5) is 0 Å². The average molecular weight is 224 g/mol. The molecule has 1 heterocycles. The maximum Gasteiger partial charge on any atom is 0.133 e. The molecule has 1 aromatic rings. The Hall–Kier alpha value is -0.940. The van der Waals surface area contributed by atoms with Crippen molar-refractivity contribution in [3.63, 3.8) is 0 Å². The predicted molar refractivity (Wildman–Crippen MR) is 60.9 cm³/mol. The van der Waals surface area contributed by atoms with E-state index in [9.17, 15) is 0 Å². The van der Waals surface area contributed by atoms with Crippen LogP contribution in [0.5, 0.6) is 0 Å². The molecule has 2 N–H and O–H groups in total. The smallest absolute Gasteiger partial charge is 0.133 e. The van der Waals surface area contributed by atoms with Gasteiger partial charge in [-0.05, 0) is 24.8 Å².